The third-order valence-electron chi connectivity index (χ3n) is 3.77. The van der Waals surface area contributed by atoms with Crippen molar-refractivity contribution >= 4 is 11.6 Å². The van der Waals surface area contributed by atoms with E-state index in [0.717, 1.165) is 12.1 Å². The lowest BCUT2D eigenvalue weighted by molar-refractivity contribution is 0.151. The van der Waals surface area contributed by atoms with Crippen molar-refractivity contribution < 1.29 is 17.9 Å². The summed E-state index contributed by atoms with van der Waals surface area (Å²) in [6.07, 6.45) is -2.79. The number of halogens is 4. The van der Waals surface area contributed by atoms with Gasteiger partial charge in [0.05, 0.1) is 22.3 Å². The molecule has 0 atom stereocenters. The molecule has 1 heterocycles. The molecule has 3 rings (SSSR count). The topological polar surface area (TPSA) is 78.8 Å². The van der Waals surface area contributed by atoms with E-state index in [1.54, 1.807) is 6.07 Å². The molecule has 5 nitrogen and oxygen atoms in total. The Balaban J connectivity index is 1.96. The number of rotatable bonds is 5. The summed E-state index contributed by atoms with van der Waals surface area (Å²) in [6, 6.07) is 10.5. The van der Waals surface area contributed by atoms with Gasteiger partial charge < -0.3 is 4.74 Å². The summed E-state index contributed by atoms with van der Waals surface area (Å²) in [5.41, 5.74) is -0.309. The minimum absolute atomic E-state index is 0.0384. The molecule has 0 bridgehead atoms. The van der Waals surface area contributed by atoms with Crippen LogP contribution in [-0.4, -0.2) is 10.2 Å². The zero-order valence-corrected chi connectivity index (χ0v) is 14.8. The van der Waals surface area contributed by atoms with Crippen LogP contribution in [0, 0.1) is 17.1 Å². The maximum Gasteiger partial charge on any atom is 0.264 e. The van der Waals surface area contributed by atoms with Crippen LogP contribution in [0.3, 0.4) is 0 Å². The van der Waals surface area contributed by atoms with Crippen molar-refractivity contribution in [2.75, 3.05) is 0 Å². The summed E-state index contributed by atoms with van der Waals surface area (Å²) >= 11 is 6.01. The standard InChI is InChI=1S/C19H11ClF3N3O2/c20-15-3-1-11(7-13-2-4-16(27)26-25-13)17(21)18(15)28-14-6-10(9-24)5-12(8-14)19(22)23/h1-6,8,19H,7H2,(H,26,27). The highest BCUT2D eigenvalue weighted by atomic mass is 35.5. The average molecular weight is 406 g/mol. The Kier molecular flexibility index (Phi) is 5.66. The predicted octanol–water partition coefficient (Wildman–Crippen LogP) is 4.75. The molecular weight excluding hydrogens is 395 g/mol. The van der Waals surface area contributed by atoms with Crippen LogP contribution in [0.25, 0.3) is 0 Å². The number of aromatic nitrogens is 2. The van der Waals surface area contributed by atoms with E-state index in [1.807, 2.05) is 0 Å². The Morgan fingerprint density at radius 3 is 2.64 bits per heavy atom. The molecule has 1 N–H and O–H groups in total. The summed E-state index contributed by atoms with van der Waals surface area (Å²) in [7, 11) is 0. The number of benzene rings is 2. The van der Waals surface area contributed by atoms with Gasteiger partial charge in [0.1, 0.15) is 5.75 Å². The molecule has 0 aliphatic rings. The van der Waals surface area contributed by atoms with Crippen LogP contribution in [0.15, 0.2) is 47.3 Å². The maximum absolute atomic E-state index is 14.9. The number of alkyl halides is 2. The van der Waals surface area contributed by atoms with Crippen LogP contribution >= 0.6 is 11.6 Å². The van der Waals surface area contributed by atoms with Crippen molar-refractivity contribution in [3.8, 4) is 17.6 Å². The van der Waals surface area contributed by atoms with E-state index < -0.39 is 23.4 Å². The van der Waals surface area contributed by atoms with Crippen LogP contribution in [0.1, 0.15) is 28.8 Å². The van der Waals surface area contributed by atoms with Crippen LogP contribution in [0.2, 0.25) is 5.02 Å². The van der Waals surface area contributed by atoms with E-state index in [9.17, 15) is 18.0 Å². The quantitative estimate of drug-likeness (QED) is 0.664. The molecule has 2 aromatic carbocycles. The Hall–Kier alpha value is -3.31. The van der Waals surface area contributed by atoms with E-state index in [1.165, 1.54) is 30.3 Å². The molecule has 9 heteroatoms. The molecule has 3 aromatic rings. The van der Waals surface area contributed by atoms with E-state index >= 15 is 0 Å². The Labute approximate surface area is 162 Å². The first-order valence-corrected chi connectivity index (χ1v) is 8.27. The first-order valence-electron chi connectivity index (χ1n) is 7.90. The van der Waals surface area contributed by atoms with Crippen molar-refractivity contribution in [3.05, 3.63) is 86.0 Å². The molecular formula is C19H11ClF3N3O2. The summed E-state index contributed by atoms with van der Waals surface area (Å²) in [6.45, 7) is 0. The van der Waals surface area contributed by atoms with Crippen LogP contribution < -0.4 is 10.3 Å². The van der Waals surface area contributed by atoms with Gasteiger partial charge in [0, 0.05) is 18.1 Å². The molecule has 142 valence electrons. The third kappa shape index (κ3) is 4.32. The van der Waals surface area contributed by atoms with Crippen LogP contribution in [-0.2, 0) is 6.42 Å². The van der Waals surface area contributed by atoms with Gasteiger partial charge in [-0.3, -0.25) is 4.79 Å². The molecule has 0 unspecified atom stereocenters. The van der Waals surface area contributed by atoms with Gasteiger partial charge in [-0.2, -0.15) is 10.4 Å². The van der Waals surface area contributed by atoms with Gasteiger partial charge in [0.15, 0.2) is 11.6 Å². The summed E-state index contributed by atoms with van der Waals surface area (Å²) in [5, 5.41) is 15.0. The lowest BCUT2D eigenvalue weighted by atomic mass is 10.1. The van der Waals surface area contributed by atoms with E-state index in [4.69, 9.17) is 21.6 Å². The van der Waals surface area contributed by atoms with Crippen molar-refractivity contribution in [1.82, 2.24) is 10.2 Å². The highest BCUT2D eigenvalue weighted by Crippen LogP contribution is 2.36. The Morgan fingerprint density at radius 1 is 1.21 bits per heavy atom. The molecule has 1 aromatic heterocycles. The van der Waals surface area contributed by atoms with Gasteiger partial charge >= 0.3 is 0 Å². The van der Waals surface area contributed by atoms with E-state index in [-0.39, 0.29) is 34.1 Å². The zero-order valence-electron chi connectivity index (χ0n) is 14.0. The molecule has 0 saturated carbocycles. The predicted molar refractivity (Wildman–Crippen MR) is 95.3 cm³/mol. The smallest absolute Gasteiger partial charge is 0.264 e. The van der Waals surface area contributed by atoms with Crippen molar-refractivity contribution in [2.45, 2.75) is 12.8 Å². The molecule has 0 radical (unpaired) electrons. The largest absolute Gasteiger partial charge is 0.453 e. The first-order chi connectivity index (χ1) is 13.4. The number of hydrogen-bond donors (Lipinski definition) is 1. The fourth-order valence-corrected chi connectivity index (χ4v) is 2.64. The van der Waals surface area contributed by atoms with E-state index in [2.05, 4.69) is 10.2 Å². The van der Waals surface area contributed by atoms with Crippen molar-refractivity contribution in [2.24, 2.45) is 0 Å². The second-order valence-electron chi connectivity index (χ2n) is 5.74. The second kappa shape index (κ2) is 8.15. The SMILES string of the molecule is N#Cc1cc(Oc2c(Cl)ccc(Cc3ccc(=O)[nH]n3)c2F)cc(C(F)F)c1. The molecule has 0 aliphatic heterocycles. The maximum atomic E-state index is 14.9. The number of aromatic amines is 1. The van der Waals surface area contributed by atoms with Gasteiger partial charge in [-0.25, -0.2) is 18.3 Å². The minimum Gasteiger partial charge on any atom is -0.453 e. The fourth-order valence-electron chi connectivity index (χ4n) is 2.46. The van der Waals surface area contributed by atoms with Gasteiger partial charge in [-0.15, -0.1) is 0 Å². The van der Waals surface area contributed by atoms with Crippen molar-refractivity contribution in [3.63, 3.8) is 0 Å². The van der Waals surface area contributed by atoms with Gasteiger partial charge in [0.2, 0.25) is 0 Å². The van der Waals surface area contributed by atoms with E-state index in [0.29, 0.717) is 5.69 Å². The van der Waals surface area contributed by atoms with Crippen LogP contribution in [0.4, 0.5) is 13.2 Å². The molecule has 28 heavy (non-hydrogen) atoms. The van der Waals surface area contributed by atoms with Gasteiger partial charge in [0.25, 0.3) is 12.0 Å². The molecule has 0 fully saturated rings. The highest BCUT2D eigenvalue weighted by Gasteiger charge is 2.18. The number of nitrogens with one attached hydrogen (secondary N) is 1. The Morgan fingerprint density at radius 2 is 2.00 bits per heavy atom. The number of nitriles is 1. The molecule has 0 amide bonds. The van der Waals surface area contributed by atoms with Crippen molar-refractivity contribution in [1.29, 1.82) is 5.26 Å². The first kappa shape index (κ1) is 19.5. The number of hydrogen-bond acceptors (Lipinski definition) is 4. The zero-order chi connectivity index (χ0) is 20.3. The van der Waals surface area contributed by atoms with Gasteiger partial charge in [-0.1, -0.05) is 17.7 Å². The second-order valence-corrected chi connectivity index (χ2v) is 6.15. The number of ether oxygens (including phenoxy) is 1. The molecule has 0 saturated heterocycles. The lowest BCUT2D eigenvalue weighted by Gasteiger charge is -2.13. The average Bonchev–Trinajstić information content (AvgIpc) is 2.68. The summed E-state index contributed by atoms with van der Waals surface area (Å²) < 4.78 is 46.3. The normalized spacial score (nSPS) is 10.7. The number of H-pyrrole nitrogens is 1. The number of nitrogens with zero attached hydrogens (tertiary/aromatic N) is 2. The highest BCUT2D eigenvalue weighted by molar-refractivity contribution is 6.32. The molecule has 0 aliphatic carbocycles. The third-order valence-corrected chi connectivity index (χ3v) is 4.06. The van der Waals surface area contributed by atoms with Crippen LogP contribution in [0.5, 0.6) is 11.5 Å². The van der Waals surface area contributed by atoms with Gasteiger partial charge in [-0.05, 0) is 35.9 Å². The Bertz CT molecular complexity index is 1110. The lowest BCUT2D eigenvalue weighted by Crippen LogP contribution is -2.08. The fraction of sp³-hybridized carbons (Fsp3) is 0.105. The molecule has 0 spiro atoms. The minimum atomic E-state index is -2.83. The monoisotopic (exact) mass is 405 g/mol. The summed E-state index contributed by atoms with van der Waals surface area (Å²) in [4.78, 5) is 11.1. The summed E-state index contributed by atoms with van der Waals surface area (Å²) in [5.74, 6) is -1.31.